The number of hydrogen-bond donors (Lipinski definition) is 2. The van der Waals surface area contributed by atoms with E-state index in [0.29, 0.717) is 10.9 Å². The fraction of sp³-hybridized carbons (Fsp3) is 0.455. The zero-order chi connectivity index (χ0) is 10.8. The Bertz CT molecular complexity index is 352. The Balaban J connectivity index is 2.24. The van der Waals surface area contributed by atoms with Gasteiger partial charge in [-0.25, -0.2) is 0 Å². The SMILES string of the molecule is Nc1c(Br)cccc1C(O)C1CCCS1. The van der Waals surface area contributed by atoms with Gasteiger partial charge in [-0.05, 0) is 40.6 Å². The lowest BCUT2D eigenvalue weighted by molar-refractivity contribution is 0.174. The minimum atomic E-state index is -0.435. The van der Waals surface area contributed by atoms with Crippen LogP contribution in [0.4, 0.5) is 5.69 Å². The summed E-state index contributed by atoms with van der Waals surface area (Å²) in [7, 11) is 0. The number of rotatable bonds is 2. The van der Waals surface area contributed by atoms with Crippen molar-refractivity contribution in [3.05, 3.63) is 28.2 Å². The number of anilines is 1. The van der Waals surface area contributed by atoms with E-state index in [9.17, 15) is 5.11 Å². The second-order valence-corrected chi connectivity index (χ2v) is 5.94. The first-order valence-corrected chi connectivity index (χ1v) is 6.88. The van der Waals surface area contributed by atoms with Crippen LogP contribution in [0.15, 0.2) is 22.7 Å². The molecule has 1 aromatic carbocycles. The number of aliphatic hydroxyl groups excluding tert-OH is 1. The molecule has 82 valence electrons. The fourth-order valence-electron chi connectivity index (χ4n) is 1.86. The van der Waals surface area contributed by atoms with Gasteiger partial charge in [0.05, 0.1) is 11.8 Å². The molecular formula is C11H14BrNOS. The molecule has 0 radical (unpaired) electrons. The van der Waals surface area contributed by atoms with Crippen LogP contribution in [0.2, 0.25) is 0 Å². The molecule has 0 amide bonds. The number of aliphatic hydroxyl groups is 1. The molecule has 1 heterocycles. The third-order valence-corrected chi connectivity index (χ3v) is 4.86. The molecule has 1 aliphatic heterocycles. The Morgan fingerprint density at radius 3 is 3.00 bits per heavy atom. The van der Waals surface area contributed by atoms with Crippen LogP contribution in [-0.2, 0) is 0 Å². The topological polar surface area (TPSA) is 46.2 Å². The molecule has 4 heteroatoms. The standard InChI is InChI=1S/C11H14BrNOS/c12-8-4-1-3-7(10(8)13)11(14)9-5-2-6-15-9/h1,3-4,9,11,14H,2,5-6,13H2. The molecule has 0 aromatic heterocycles. The highest BCUT2D eigenvalue weighted by molar-refractivity contribution is 9.10. The first kappa shape index (κ1) is 11.3. The van der Waals surface area contributed by atoms with E-state index in [1.165, 1.54) is 6.42 Å². The molecule has 0 spiro atoms. The van der Waals surface area contributed by atoms with E-state index in [1.54, 1.807) is 0 Å². The quantitative estimate of drug-likeness (QED) is 0.822. The molecule has 2 nitrogen and oxygen atoms in total. The first-order chi connectivity index (χ1) is 7.20. The van der Waals surface area contributed by atoms with Crippen molar-refractivity contribution >= 4 is 33.4 Å². The van der Waals surface area contributed by atoms with Crippen molar-refractivity contribution in [1.29, 1.82) is 0 Å². The van der Waals surface area contributed by atoms with E-state index in [2.05, 4.69) is 15.9 Å². The van der Waals surface area contributed by atoms with Gasteiger partial charge in [0, 0.05) is 15.3 Å². The number of halogens is 1. The third kappa shape index (κ3) is 2.32. The molecule has 0 aliphatic carbocycles. The molecular weight excluding hydrogens is 274 g/mol. The molecule has 3 N–H and O–H groups in total. The van der Waals surface area contributed by atoms with E-state index in [4.69, 9.17) is 5.73 Å². The molecule has 1 aromatic rings. The van der Waals surface area contributed by atoms with Crippen molar-refractivity contribution in [2.75, 3.05) is 11.5 Å². The fourth-order valence-corrected chi connectivity index (χ4v) is 3.54. The van der Waals surface area contributed by atoms with Crippen molar-refractivity contribution in [3.63, 3.8) is 0 Å². The van der Waals surface area contributed by atoms with Crippen LogP contribution in [0, 0.1) is 0 Å². The zero-order valence-corrected chi connectivity index (χ0v) is 10.7. The van der Waals surface area contributed by atoms with Gasteiger partial charge in [-0.15, -0.1) is 0 Å². The van der Waals surface area contributed by atoms with Crippen molar-refractivity contribution < 1.29 is 5.11 Å². The third-order valence-electron chi connectivity index (χ3n) is 2.72. The molecule has 1 fully saturated rings. The average Bonchev–Trinajstić information content (AvgIpc) is 2.74. The number of nitrogen functional groups attached to an aromatic ring is 1. The van der Waals surface area contributed by atoms with E-state index in [0.717, 1.165) is 22.2 Å². The second kappa shape index (κ2) is 4.76. The zero-order valence-electron chi connectivity index (χ0n) is 8.32. The average molecular weight is 288 g/mol. The lowest BCUT2D eigenvalue weighted by Gasteiger charge is -2.19. The smallest absolute Gasteiger partial charge is 0.0928 e. The molecule has 0 bridgehead atoms. The molecule has 1 saturated heterocycles. The van der Waals surface area contributed by atoms with Gasteiger partial charge in [0.15, 0.2) is 0 Å². The lowest BCUT2D eigenvalue weighted by atomic mass is 10.0. The molecule has 2 atom stereocenters. The maximum atomic E-state index is 10.2. The van der Waals surface area contributed by atoms with Gasteiger partial charge >= 0.3 is 0 Å². The number of benzene rings is 1. The molecule has 1 aliphatic rings. The highest BCUT2D eigenvalue weighted by Crippen LogP contribution is 2.39. The summed E-state index contributed by atoms with van der Waals surface area (Å²) in [5.41, 5.74) is 7.45. The van der Waals surface area contributed by atoms with Crippen molar-refractivity contribution in [3.8, 4) is 0 Å². The van der Waals surface area contributed by atoms with Crippen LogP contribution >= 0.6 is 27.7 Å². The van der Waals surface area contributed by atoms with E-state index in [-0.39, 0.29) is 0 Å². The van der Waals surface area contributed by atoms with Gasteiger partial charge in [0.1, 0.15) is 0 Å². The Labute approximate surface area is 102 Å². The Kier molecular flexibility index (Phi) is 3.59. The first-order valence-electron chi connectivity index (χ1n) is 5.03. The monoisotopic (exact) mass is 287 g/mol. The second-order valence-electron chi connectivity index (χ2n) is 3.74. The lowest BCUT2D eigenvalue weighted by Crippen LogP contribution is -2.13. The van der Waals surface area contributed by atoms with Crippen LogP contribution in [0.1, 0.15) is 24.5 Å². The van der Waals surface area contributed by atoms with Crippen LogP contribution in [0.25, 0.3) is 0 Å². The van der Waals surface area contributed by atoms with Crippen LogP contribution < -0.4 is 5.73 Å². The molecule has 15 heavy (non-hydrogen) atoms. The molecule has 2 unspecified atom stereocenters. The highest BCUT2D eigenvalue weighted by atomic mass is 79.9. The minimum absolute atomic E-state index is 0.307. The van der Waals surface area contributed by atoms with E-state index >= 15 is 0 Å². The van der Waals surface area contributed by atoms with E-state index in [1.807, 2.05) is 30.0 Å². The van der Waals surface area contributed by atoms with Crippen molar-refractivity contribution in [1.82, 2.24) is 0 Å². The van der Waals surface area contributed by atoms with Crippen LogP contribution in [-0.4, -0.2) is 16.1 Å². The van der Waals surface area contributed by atoms with Gasteiger partial charge in [-0.3, -0.25) is 0 Å². The predicted octanol–water partition coefficient (Wildman–Crippen LogP) is 2.96. The van der Waals surface area contributed by atoms with E-state index < -0.39 is 6.10 Å². The molecule has 0 saturated carbocycles. The number of para-hydroxylation sites is 1. The summed E-state index contributed by atoms with van der Waals surface area (Å²) in [5.74, 6) is 1.15. The maximum Gasteiger partial charge on any atom is 0.0928 e. The van der Waals surface area contributed by atoms with Crippen molar-refractivity contribution in [2.45, 2.75) is 24.2 Å². The number of nitrogens with two attached hydrogens (primary N) is 1. The number of hydrogen-bond acceptors (Lipinski definition) is 3. The summed E-state index contributed by atoms with van der Waals surface area (Å²) in [4.78, 5) is 0. The molecule has 2 rings (SSSR count). The normalized spacial score (nSPS) is 22.9. The van der Waals surface area contributed by atoms with Crippen LogP contribution in [0.5, 0.6) is 0 Å². The Morgan fingerprint density at radius 1 is 1.53 bits per heavy atom. The highest BCUT2D eigenvalue weighted by Gasteiger charge is 2.26. The Hall–Kier alpha value is -0.190. The Morgan fingerprint density at radius 2 is 2.33 bits per heavy atom. The number of thioether (sulfide) groups is 1. The van der Waals surface area contributed by atoms with Gasteiger partial charge in [0.25, 0.3) is 0 Å². The maximum absolute atomic E-state index is 10.2. The van der Waals surface area contributed by atoms with Gasteiger partial charge in [0.2, 0.25) is 0 Å². The van der Waals surface area contributed by atoms with Gasteiger partial charge < -0.3 is 10.8 Å². The van der Waals surface area contributed by atoms with Crippen LogP contribution in [0.3, 0.4) is 0 Å². The summed E-state index contributed by atoms with van der Waals surface area (Å²) in [5, 5.41) is 10.5. The largest absolute Gasteiger partial charge is 0.398 e. The summed E-state index contributed by atoms with van der Waals surface area (Å²) in [6.07, 6.45) is 1.84. The predicted molar refractivity (Wildman–Crippen MR) is 69.0 cm³/mol. The summed E-state index contributed by atoms with van der Waals surface area (Å²) in [6, 6.07) is 5.72. The summed E-state index contributed by atoms with van der Waals surface area (Å²) in [6.45, 7) is 0. The summed E-state index contributed by atoms with van der Waals surface area (Å²) < 4.78 is 0.863. The van der Waals surface area contributed by atoms with Gasteiger partial charge in [-0.2, -0.15) is 11.8 Å². The van der Waals surface area contributed by atoms with Crippen molar-refractivity contribution in [2.24, 2.45) is 0 Å². The summed E-state index contributed by atoms with van der Waals surface area (Å²) >= 11 is 5.22. The van der Waals surface area contributed by atoms with Gasteiger partial charge in [-0.1, -0.05) is 12.1 Å². The minimum Gasteiger partial charge on any atom is -0.398 e.